The number of benzene rings is 2. The average Bonchev–Trinajstić information content (AvgIpc) is 2.48. The monoisotopic (exact) mass is 268 g/mol. The van der Waals surface area contributed by atoms with E-state index in [-0.39, 0.29) is 11.5 Å². The summed E-state index contributed by atoms with van der Waals surface area (Å²) in [6.07, 6.45) is 1.31. The lowest BCUT2D eigenvalue weighted by molar-refractivity contribution is 0.0696. The highest BCUT2D eigenvalue weighted by Crippen LogP contribution is 2.05. The summed E-state index contributed by atoms with van der Waals surface area (Å²) in [5.74, 6) is -1.39. The fraction of sp³-hybridized carbons (Fsp3) is 0. The summed E-state index contributed by atoms with van der Waals surface area (Å²) in [7, 11) is 0. The summed E-state index contributed by atoms with van der Waals surface area (Å²) in [5, 5.41) is 12.8. The summed E-state index contributed by atoms with van der Waals surface area (Å²) in [4.78, 5) is 22.7. The third kappa shape index (κ3) is 3.29. The normalized spacial score (nSPS) is 10.4. The first kappa shape index (κ1) is 13.5. The Morgan fingerprint density at radius 1 is 1.00 bits per heavy atom. The molecular weight excluding hydrogens is 256 g/mol. The van der Waals surface area contributed by atoms with Crippen molar-refractivity contribution in [1.82, 2.24) is 5.43 Å². The molecule has 0 aliphatic rings. The standard InChI is InChI=1S/C15H12N2O3/c18-14(11-6-2-1-3-7-11)17-16-10-12-8-4-5-9-13(12)15(19)20/h1-10H,(H,17,18)(H,19,20)/b16-10-. The van der Waals surface area contributed by atoms with Gasteiger partial charge < -0.3 is 5.11 Å². The Kier molecular flexibility index (Phi) is 4.24. The molecule has 2 aromatic carbocycles. The van der Waals surface area contributed by atoms with E-state index in [1.54, 1.807) is 42.5 Å². The lowest BCUT2D eigenvalue weighted by Gasteiger charge is -2.01. The molecule has 0 aliphatic heterocycles. The van der Waals surface area contributed by atoms with E-state index in [1.807, 2.05) is 6.07 Å². The van der Waals surface area contributed by atoms with Crippen LogP contribution in [0, 0.1) is 0 Å². The van der Waals surface area contributed by atoms with Crippen molar-refractivity contribution in [1.29, 1.82) is 0 Å². The van der Waals surface area contributed by atoms with E-state index in [9.17, 15) is 9.59 Å². The fourth-order valence-corrected chi connectivity index (χ4v) is 1.62. The molecule has 0 atom stereocenters. The van der Waals surface area contributed by atoms with Gasteiger partial charge in [0.05, 0.1) is 11.8 Å². The number of aromatic carboxylic acids is 1. The Bertz CT molecular complexity index is 651. The van der Waals surface area contributed by atoms with Crippen LogP contribution < -0.4 is 5.43 Å². The van der Waals surface area contributed by atoms with Crippen LogP contribution >= 0.6 is 0 Å². The van der Waals surface area contributed by atoms with Crippen molar-refractivity contribution in [2.45, 2.75) is 0 Å². The van der Waals surface area contributed by atoms with Crippen molar-refractivity contribution in [3.63, 3.8) is 0 Å². The van der Waals surface area contributed by atoms with Crippen molar-refractivity contribution >= 4 is 18.1 Å². The lowest BCUT2D eigenvalue weighted by Crippen LogP contribution is -2.17. The third-order valence-electron chi connectivity index (χ3n) is 2.60. The summed E-state index contributed by atoms with van der Waals surface area (Å²) < 4.78 is 0. The van der Waals surface area contributed by atoms with Gasteiger partial charge in [-0.2, -0.15) is 5.10 Å². The molecule has 0 spiro atoms. The van der Waals surface area contributed by atoms with Crippen LogP contribution in [0.1, 0.15) is 26.3 Å². The highest BCUT2D eigenvalue weighted by atomic mass is 16.4. The number of hydrazone groups is 1. The summed E-state index contributed by atoms with van der Waals surface area (Å²) >= 11 is 0. The van der Waals surface area contributed by atoms with Gasteiger partial charge in [-0.25, -0.2) is 10.2 Å². The van der Waals surface area contributed by atoms with E-state index in [0.717, 1.165) is 0 Å². The van der Waals surface area contributed by atoms with Gasteiger partial charge in [0.2, 0.25) is 0 Å². The van der Waals surface area contributed by atoms with Crippen LogP contribution in [0.2, 0.25) is 0 Å². The number of hydrogen-bond donors (Lipinski definition) is 2. The van der Waals surface area contributed by atoms with Gasteiger partial charge in [0.1, 0.15) is 0 Å². The maximum absolute atomic E-state index is 11.7. The van der Waals surface area contributed by atoms with E-state index < -0.39 is 5.97 Å². The first-order valence-electron chi connectivity index (χ1n) is 5.89. The van der Waals surface area contributed by atoms with E-state index in [0.29, 0.717) is 11.1 Å². The first-order chi connectivity index (χ1) is 9.68. The topological polar surface area (TPSA) is 78.8 Å². The van der Waals surface area contributed by atoms with E-state index in [4.69, 9.17) is 5.11 Å². The largest absolute Gasteiger partial charge is 0.478 e. The number of nitrogens with one attached hydrogen (secondary N) is 1. The molecule has 5 heteroatoms. The maximum Gasteiger partial charge on any atom is 0.336 e. The Labute approximate surface area is 115 Å². The second kappa shape index (κ2) is 6.29. The number of nitrogens with zero attached hydrogens (tertiary/aromatic N) is 1. The Balaban J connectivity index is 2.08. The third-order valence-corrected chi connectivity index (χ3v) is 2.60. The first-order valence-corrected chi connectivity index (χ1v) is 5.89. The second-order valence-corrected chi connectivity index (χ2v) is 3.96. The number of carbonyl (C=O) groups excluding carboxylic acids is 1. The number of carbonyl (C=O) groups is 2. The molecule has 0 aromatic heterocycles. The Morgan fingerprint density at radius 3 is 2.35 bits per heavy atom. The highest BCUT2D eigenvalue weighted by Gasteiger charge is 2.07. The zero-order valence-corrected chi connectivity index (χ0v) is 10.5. The van der Waals surface area contributed by atoms with Gasteiger partial charge in [0, 0.05) is 11.1 Å². The molecule has 0 heterocycles. The van der Waals surface area contributed by atoms with Gasteiger partial charge in [-0.15, -0.1) is 0 Å². The molecule has 1 amide bonds. The molecule has 0 radical (unpaired) electrons. The van der Waals surface area contributed by atoms with Crippen LogP contribution in [0.25, 0.3) is 0 Å². The minimum Gasteiger partial charge on any atom is -0.478 e. The minimum absolute atomic E-state index is 0.130. The molecule has 5 nitrogen and oxygen atoms in total. The van der Waals surface area contributed by atoms with Gasteiger partial charge >= 0.3 is 5.97 Å². The predicted molar refractivity (Wildman–Crippen MR) is 74.9 cm³/mol. The molecule has 2 aromatic rings. The molecule has 0 bridgehead atoms. The van der Waals surface area contributed by atoms with Gasteiger partial charge in [-0.1, -0.05) is 36.4 Å². The van der Waals surface area contributed by atoms with Gasteiger partial charge in [-0.3, -0.25) is 4.79 Å². The number of amides is 1. The predicted octanol–water partition coefficient (Wildman–Crippen LogP) is 2.15. The molecule has 0 fully saturated rings. The number of hydrogen-bond acceptors (Lipinski definition) is 3. The summed E-state index contributed by atoms with van der Waals surface area (Å²) in [6.45, 7) is 0. The van der Waals surface area contributed by atoms with Gasteiger partial charge in [-0.05, 0) is 18.2 Å². The molecule has 2 rings (SSSR count). The molecule has 2 N–H and O–H groups in total. The molecule has 0 saturated heterocycles. The molecule has 20 heavy (non-hydrogen) atoms. The van der Waals surface area contributed by atoms with Crippen molar-refractivity contribution in [3.8, 4) is 0 Å². The van der Waals surface area contributed by atoms with Crippen molar-refractivity contribution in [3.05, 3.63) is 71.3 Å². The van der Waals surface area contributed by atoms with Crippen LogP contribution in [0.5, 0.6) is 0 Å². The van der Waals surface area contributed by atoms with E-state index in [1.165, 1.54) is 12.3 Å². The van der Waals surface area contributed by atoms with E-state index >= 15 is 0 Å². The van der Waals surface area contributed by atoms with Crippen LogP contribution in [-0.2, 0) is 0 Å². The maximum atomic E-state index is 11.7. The molecule has 0 aliphatic carbocycles. The number of carboxylic acids is 1. The van der Waals surface area contributed by atoms with Gasteiger partial charge in [0.15, 0.2) is 0 Å². The smallest absolute Gasteiger partial charge is 0.336 e. The van der Waals surface area contributed by atoms with Crippen LogP contribution in [0.15, 0.2) is 59.7 Å². The van der Waals surface area contributed by atoms with Crippen molar-refractivity contribution < 1.29 is 14.7 Å². The summed E-state index contributed by atoms with van der Waals surface area (Å²) in [6, 6.07) is 15.0. The molecule has 0 unspecified atom stereocenters. The SMILES string of the molecule is O=C(N/N=C\c1ccccc1C(=O)O)c1ccccc1. The fourth-order valence-electron chi connectivity index (χ4n) is 1.62. The van der Waals surface area contributed by atoms with Crippen LogP contribution in [-0.4, -0.2) is 23.2 Å². The van der Waals surface area contributed by atoms with Gasteiger partial charge in [0.25, 0.3) is 5.91 Å². The second-order valence-electron chi connectivity index (χ2n) is 3.96. The van der Waals surface area contributed by atoms with E-state index in [2.05, 4.69) is 10.5 Å². The highest BCUT2D eigenvalue weighted by molar-refractivity contribution is 5.99. The quantitative estimate of drug-likeness (QED) is 0.658. The lowest BCUT2D eigenvalue weighted by atomic mass is 10.1. The van der Waals surface area contributed by atoms with Crippen LogP contribution in [0.4, 0.5) is 0 Å². The van der Waals surface area contributed by atoms with Crippen molar-refractivity contribution in [2.24, 2.45) is 5.10 Å². The Morgan fingerprint density at radius 2 is 1.65 bits per heavy atom. The van der Waals surface area contributed by atoms with Crippen LogP contribution in [0.3, 0.4) is 0 Å². The number of carboxylic acid groups (broad SMARTS) is 1. The Hall–Kier alpha value is -2.95. The molecular formula is C15H12N2O3. The minimum atomic E-state index is -1.04. The zero-order valence-electron chi connectivity index (χ0n) is 10.5. The average molecular weight is 268 g/mol. The summed E-state index contributed by atoms with van der Waals surface area (Å²) in [5.41, 5.74) is 3.39. The zero-order chi connectivity index (χ0) is 14.4. The molecule has 100 valence electrons. The molecule has 0 saturated carbocycles. The number of rotatable bonds is 4. The van der Waals surface area contributed by atoms with Crippen molar-refractivity contribution in [2.75, 3.05) is 0 Å².